The minimum atomic E-state index is -0.584. The number of rotatable bonds is 2. The lowest BCUT2D eigenvalue weighted by molar-refractivity contribution is -0.0615. The molecule has 1 aromatic heterocycles. The number of halogens is 1. The zero-order chi connectivity index (χ0) is 13.2. The molecule has 0 bridgehead atoms. The van der Waals surface area contributed by atoms with Crippen molar-refractivity contribution < 1.29 is 13.9 Å². The molecule has 98 valence electrons. The summed E-state index contributed by atoms with van der Waals surface area (Å²) in [6, 6.07) is 2.71. The molecule has 1 fully saturated rings. The highest BCUT2D eigenvalue weighted by Crippen LogP contribution is 2.24. The number of carbonyl (C=O) groups excluding carboxylic acids is 1. The third kappa shape index (κ3) is 3.26. The van der Waals surface area contributed by atoms with Crippen LogP contribution in [0.1, 0.15) is 37.0 Å². The number of aromatic nitrogens is 1. The molecule has 1 aliphatic rings. The van der Waals surface area contributed by atoms with Crippen molar-refractivity contribution in [1.29, 1.82) is 0 Å². The SMILES string of the molecule is CC1(C)CC(NC(=O)c2ccc(F)nc2)CCO1. The van der Waals surface area contributed by atoms with Crippen LogP contribution >= 0.6 is 0 Å². The zero-order valence-electron chi connectivity index (χ0n) is 10.6. The molecular formula is C13H17FN2O2. The van der Waals surface area contributed by atoms with E-state index >= 15 is 0 Å². The maximum Gasteiger partial charge on any atom is 0.253 e. The second kappa shape index (κ2) is 5.02. The lowest BCUT2D eigenvalue weighted by Gasteiger charge is -2.35. The van der Waals surface area contributed by atoms with Crippen molar-refractivity contribution in [2.45, 2.75) is 38.3 Å². The number of amides is 1. The lowest BCUT2D eigenvalue weighted by atomic mass is 9.94. The van der Waals surface area contributed by atoms with Crippen LogP contribution in [0.5, 0.6) is 0 Å². The van der Waals surface area contributed by atoms with Crippen LogP contribution in [0.15, 0.2) is 18.3 Å². The highest BCUT2D eigenvalue weighted by atomic mass is 19.1. The fourth-order valence-electron chi connectivity index (χ4n) is 2.13. The van der Waals surface area contributed by atoms with Crippen LogP contribution in [0.4, 0.5) is 4.39 Å². The van der Waals surface area contributed by atoms with Crippen molar-refractivity contribution >= 4 is 5.91 Å². The Bertz CT molecular complexity index is 431. The van der Waals surface area contributed by atoms with Gasteiger partial charge in [0.05, 0.1) is 11.2 Å². The first kappa shape index (κ1) is 13.0. The molecule has 0 aromatic carbocycles. The number of hydrogen-bond donors (Lipinski definition) is 1. The van der Waals surface area contributed by atoms with E-state index in [1.807, 2.05) is 13.8 Å². The lowest BCUT2D eigenvalue weighted by Crippen LogP contribution is -2.45. The van der Waals surface area contributed by atoms with Gasteiger partial charge in [-0.05, 0) is 38.8 Å². The first-order valence-electron chi connectivity index (χ1n) is 6.03. The Morgan fingerprint density at radius 2 is 2.33 bits per heavy atom. The van der Waals surface area contributed by atoms with Gasteiger partial charge in [0.1, 0.15) is 0 Å². The molecule has 2 heterocycles. The summed E-state index contributed by atoms with van der Waals surface area (Å²) in [5.74, 6) is -0.802. The molecule has 1 aliphatic heterocycles. The molecule has 1 saturated heterocycles. The van der Waals surface area contributed by atoms with E-state index in [0.29, 0.717) is 12.2 Å². The molecule has 18 heavy (non-hydrogen) atoms. The second-order valence-electron chi connectivity index (χ2n) is 5.14. The summed E-state index contributed by atoms with van der Waals surface area (Å²) < 4.78 is 18.2. The zero-order valence-corrected chi connectivity index (χ0v) is 10.6. The monoisotopic (exact) mass is 252 g/mol. The largest absolute Gasteiger partial charge is 0.375 e. The van der Waals surface area contributed by atoms with Gasteiger partial charge in [-0.25, -0.2) is 4.98 Å². The molecule has 5 heteroatoms. The third-order valence-corrected chi connectivity index (χ3v) is 3.02. The molecule has 0 saturated carbocycles. The van der Waals surface area contributed by atoms with Gasteiger partial charge >= 0.3 is 0 Å². The Balaban J connectivity index is 1.97. The third-order valence-electron chi connectivity index (χ3n) is 3.02. The Morgan fingerprint density at radius 3 is 2.94 bits per heavy atom. The van der Waals surface area contributed by atoms with E-state index in [1.54, 1.807) is 0 Å². The van der Waals surface area contributed by atoms with Gasteiger partial charge in [0.25, 0.3) is 5.91 Å². The summed E-state index contributed by atoms with van der Waals surface area (Å²) in [5.41, 5.74) is 0.165. The van der Waals surface area contributed by atoms with Crippen LogP contribution in [0.3, 0.4) is 0 Å². The van der Waals surface area contributed by atoms with Crippen molar-refractivity contribution in [3.63, 3.8) is 0 Å². The Kier molecular flexibility index (Phi) is 3.61. The van der Waals surface area contributed by atoms with Gasteiger partial charge in [0.2, 0.25) is 5.95 Å². The molecule has 1 amide bonds. The van der Waals surface area contributed by atoms with Gasteiger partial charge in [-0.15, -0.1) is 0 Å². The molecule has 2 rings (SSSR count). The number of pyridine rings is 1. The first-order valence-corrected chi connectivity index (χ1v) is 6.03. The van der Waals surface area contributed by atoms with Crippen LogP contribution < -0.4 is 5.32 Å². The van der Waals surface area contributed by atoms with E-state index in [2.05, 4.69) is 10.3 Å². The van der Waals surface area contributed by atoms with Crippen molar-refractivity contribution in [2.75, 3.05) is 6.61 Å². The quantitative estimate of drug-likeness (QED) is 0.818. The minimum Gasteiger partial charge on any atom is -0.375 e. The summed E-state index contributed by atoms with van der Waals surface area (Å²) >= 11 is 0. The molecule has 1 unspecified atom stereocenters. The minimum absolute atomic E-state index is 0.0892. The van der Waals surface area contributed by atoms with E-state index in [-0.39, 0.29) is 17.6 Å². The normalized spacial score (nSPS) is 22.5. The van der Waals surface area contributed by atoms with E-state index in [9.17, 15) is 9.18 Å². The second-order valence-corrected chi connectivity index (χ2v) is 5.14. The fraction of sp³-hybridized carbons (Fsp3) is 0.538. The van der Waals surface area contributed by atoms with Gasteiger partial charge in [-0.2, -0.15) is 4.39 Å². The van der Waals surface area contributed by atoms with E-state index in [0.717, 1.165) is 12.8 Å². The molecule has 1 N–H and O–H groups in total. The van der Waals surface area contributed by atoms with Crippen LogP contribution in [0.25, 0.3) is 0 Å². The molecule has 0 aliphatic carbocycles. The number of nitrogens with one attached hydrogen (secondary N) is 1. The number of ether oxygens (including phenoxy) is 1. The van der Waals surface area contributed by atoms with Crippen molar-refractivity contribution in [3.05, 3.63) is 29.8 Å². The van der Waals surface area contributed by atoms with Crippen molar-refractivity contribution in [1.82, 2.24) is 10.3 Å². The van der Waals surface area contributed by atoms with Crippen molar-refractivity contribution in [3.8, 4) is 0 Å². The van der Waals surface area contributed by atoms with Crippen LogP contribution in [0.2, 0.25) is 0 Å². The van der Waals surface area contributed by atoms with Gasteiger partial charge < -0.3 is 10.1 Å². The van der Waals surface area contributed by atoms with Gasteiger partial charge in [0.15, 0.2) is 0 Å². The molecule has 0 spiro atoms. The van der Waals surface area contributed by atoms with Gasteiger partial charge in [0, 0.05) is 18.8 Å². The van der Waals surface area contributed by atoms with E-state index in [1.165, 1.54) is 18.3 Å². The number of nitrogens with zero attached hydrogens (tertiary/aromatic N) is 1. The van der Waals surface area contributed by atoms with Crippen LogP contribution in [0, 0.1) is 5.95 Å². The molecule has 4 nitrogen and oxygen atoms in total. The topological polar surface area (TPSA) is 51.2 Å². The van der Waals surface area contributed by atoms with Gasteiger partial charge in [-0.1, -0.05) is 0 Å². The highest BCUT2D eigenvalue weighted by Gasteiger charge is 2.29. The van der Waals surface area contributed by atoms with Gasteiger partial charge in [-0.3, -0.25) is 4.79 Å². The molecule has 1 atom stereocenters. The number of hydrogen-bond acceptors (Lipinski definition) is 3. The maximum absolute atomic E-state index is 12.7. The van der Waals surface area contributed by atoms with Crippen LogP contribution in [-0.4, -0.2) is 29.1 Å². The summed E-state index contributed by atoms with van der Waals surface area (Å²) in [7, 11) is 0. The Labute approximate surface area is 106 Å². The van der Waals surface area contributed by atoms with E-state index < -0.39 is 5.95 Å². The Hall–Kier alpha value is -1.49. The Morgan fingerprint density at radius 1 is 1.56 bits per heavy atom. The van der Waals surface area contributed by atoms with Crippen LogP contribution in [-0.2, 0) is 4.74 Å². The number of carbonyl (C=O) groups is 1. The fourth-order valence-corrected chi connectivity index (χ4v) is 2.13. The average molecular weight is 252 g/mol. The molecule has 0 radical (unpaired) electrons. The maximum atomic E-state index is 12.7. The smallest absolute Gasteiger partial charge is 0.253 e. The highest BCUT2D eigenvalue weighted by molar-refractivity contribution is 5.94. The summed E-state index contributed by atoms with van der Waals surface area (Å²) in [5, 5.41) is 2.93. The standard InChI is InChI=1S/C13H17FN2O2/c1-13(2)7-10(5-6-18-13)16-12(17)9-3-4-11(14)15-8-9/h3-4,8,10H,5-7H2,1-2H3,(H,16,17). The summed E-state index contributed by atoms with van der Waals surface area (Å²) in [4.78, 5) is 15.4. The first-order chi connectivity index (χ1) is 8.46. The predicted molar refractivity (Wildman–Crippen MR) is 64.7 cm³/mol. The predicted octanol–water partition coefficient (Wildman–Crippen LogP) is 1.91. The van der Waals surface area contributed by atoms with Crippen molar-refractivity contribution in [2.24, 2.45) is 0 Å². The summed E-state index contributed by atoms with van der Waals surface area (Å²) in [6.07, 6.45) is 2.81. The average Bonchev–Trinajstić information content (AvgIpc) is 2.28. The molecule has 1 aromatic rings. The summed E-state index contributed by atoms with van der Waals surface area (Å²) in [6.45, 7) is 4.65. The van der Waals surface area contributed by atoms with E-state index in [4.69, 9.17) is 4.74 Å². The molecular weight excluding hydrogens is 235 g/mol.